The summed E-state index contributed by atoms with van der Waals surface area (Å²) in [6.45, 7) is 4.45. The van der Waals surface area contributed by atoms with E-state index in [-0.39, 0.29) is 11.4 Å². The fraction of sp³-hybridized carbons (Fsp3) is 0.769. The number of H-pyrrole nitrogens is 1. The van der Waals surface area contributed by atoms with Crippen molar-refractivity contribution < 1.29 is 8.42 Å². The number of hydrogen-bond acceptors (Lipinski definition) is 5. The first-order valence-electron chi connectivity index (χ1n) is 7.36. The highest BCUT2D eigenvalue weighted by Crippen LogP contribution is 2.20. The fourth-order valence-electron chi connectivity index (χ4n) is 2.78. The smallest absolute Gasteiger partial charge is 0.244 e. The minimum absolute atomic E-state index is 0.107. The van der Waals surface area contributed by atoms with Crippen LogP contribution in [0.4, 0.5) is 0 Å². The van der Waals surface area contributed by atoms with Gasteiger partial charge < -0.3 is 10.6 Å². The topological polar surface area (TPSA) is 104 Å². The number of sulfonamides is 1. The third-order valence-corrected chi connectivity index (χ3v) is 5.77. The minimum Gasteiger partial charge on any atom is -0.325 e. The van der Waals surface area contributed by atoms with E-state index in [2.05, 4.69) is 26.9 Å². The Balaban J connectivity index is 1.91. The summed E-state index contributed by atoms with van der Waals surface area (Å²) in [6, 6.07) is 0. The van der Waals surface area contributed by atoms with Crippen LogP contribution in [0.15, 0.2) is 4.90 Å². The van der Waals surface area contributed by atoms with Crippen LogP contribution in [-0.2, 0) is 16.6 Å². The highest BCUT2D eigenvalue weighted by atomic mass is 32.2. The molecular weight excluding hydrogens is 290 g/mol. The summed E-state index contributed by atoms with van der Waals surface area (Å²) in [4.78, 5) is 2.51. The summed E-state index contributed by atoms with van der Waals surface area (Å²) < 4.78 is 27.4. The van der Waals surface area contributed by atoms with Crippen molar-refractivity contribution >= 4 is 10.0 Å². The summed E-state index contributed by atoms with van der Waals surface area (Å²) in [5.74, 6) is 0.600. The number of nitrogens with two attached hydrogens (primary N) is 1. The van der Waals surface area contributed by atoms with Gasteiger partial charge in [0.2, 0.25) is 10.0 Å². The lowest BCUT2D eigenvalue weighted by Gasteiger charge is -2.28. The average Bonchev–Trinajstić information content (AvgIpc) is 2.83. The van der Waals surface area contributed by atoms with Crippen LogP contribution in [0, 0.1) is 12.8 Å². The highest BCUT2D eigenvalue weighted by Gasteiger charge is 2.24. The second-order valence-electron chi connectivity index (χ2n) is 5.76. The highest BCUT2D eigenvalue weighted by molar-refractivity contribution is 7.89. The lowest BCUT2D eigenvalue weighted by Crippen LogP contribution is -2.33. The molecule has 0 unspecified atom stereocenters. The predicted molar refractivity (Wildman–Crippen MR) is 81.2 cm³/mol. The second-order valence-corrected chi connectivity index (χ2v) is 7.47. The molecule has 0 radical (unpaired) electrons. The van der Waals surface area contributed by atoms with Gasteiger partial charge in [-0.15, -0.1) is 0 Å². The van der Waals surface area contributed by atoms with Crippen LogP contribution in [0.3, 0.4) is 0 Å². The van der Waals surface area contributed by atoms with Gasteiger partial charge in [0.05, 0.1) is 11.4 Å². The molecule has 0 bridgehead atoms. The number of nitrogens with zero attached hydrogens (tertiary/aromatic N) is 2. The fourth-order valence-corrected chi connectivity index (χ4v) is 4.20. The SMILES string of the molecule is Cc1[nH]nc(CN)c1S(=O)(=O)NCCC1CCN(C)CC1. The largest absolute Gasteiger partial charge is 0.325 e. The average molecular weight is 315 g/mol. The van der Waals surface area contributed by atoms with Crippen molar-refractivity contribution in [1.82, 2.24) is 19.8 Å². The summed E-state index contributed by atoms with van der Waals surface area (Å²) in [5, 5.41) is 6.62. The molecule has 8 heteroatoms. The zero-order valence-corrected chi connectivity index (χ0v) is 13.5. The summed E-state index contributed by atoms with van der Waals surface area (Å²) in [6.07, 6.45) is 3.15. The molecule has 0 spiro atoms. The molecule has 1 fully saturated rings. The van der Waals surface area contributed by atoms with Crippen molar-refractivity contribution in [2.24, 2.45) is 11.7 Å². The lowest BCUT2D eigenvalue weighted by atomic mass is 9.94. The van der Waals surface area contributed by atoms with E-state index in [1.54, 1.807) is 6.92 Å². The Morgan fingerprint density at radius 2 is 2.10 bits per heavy atom. The van der Waals surface area contributed by atoms with E-state index in [0.717, 1.165) is 32.4 Å². The number of hydrogen-bond donors (Lipinski definition) is 3. The monoisotopic (exact) mass is 315 g/mol. The maximum absolute atomic E-state index is 12.4. The second kappa shape index (κ2) is 6.87. The van der Waals surface area contributed by atoms with Crippen molar-refractivity contribution in [3.63, 3.8) is 0 Å². The third-order valence-electron chi connectivity index (χ3n) is 4.11. The number of likely N-dealkylation sites (tertiary alicyclic amines) is 1. The zero-order chi connectivity index (χ0) is 15.5. The van der Waals surface area contributed by atoms with Gasteiger partial charge in [0.25, 0.3) is 0 Å². The molecule has 0 saturated carbocycles. The normalized spacial score (nSPS) is 18.2. The van der Waals surface area contributed by atoms with Gasteiger partial charge in [-0.3, -0.25) is 5.10 Å². The van der Waals surface area contributed by atoms with Crippen LogP contribution < -0.4 is 10.5 Å². The molecule has 1 saturated heterocycles. The Morgan fingerprint density at radius 3 is 2.71 bits per heavy atom. The number of piperidine rings is 1. The number of aromatic amines is 1. The van der Waals surface area contributed by atoms with Gasteiger partial charge in [-0.1, -0.05) is 0 Å². The van der Waals surface area contributed by atoms with Gasteiger partial charge in [-0.2, -0.15) is 5.10 Å². The van der Waals surface area contributed by atoms with E-state index in [4.69, 9.17) is 5.73 Å². The first-order valence-corrected chi connectivity index (χ1v) is 8.84. The summed E-state index contributed by atoms with van der Waals surface area (Å²) in [5.41, 5.74) is 6.46. The minimum atomic E-state index is -3.54. The molecule has 1 aromatic heterocycles. The van der Waals surface area contributed by atoms with Crippen molar-refractivity contribution in [3.05, 3.63) is 11.4 Å². The van der Waals surface area contributed by atoms with E-state index in [1.807, 2.05) is 0 Å². The molecule has 21 heavy (non-hydrogen) atoms. The molecule has 0 aromatic carbocycles. The molecule has 1 aromatic rings. The van der Waals surface area contributed by atoms with Crippen LogP contribution >= 0.6 is 0 Å². The molecule has 2 heterocycles. The van der Waals surface area contributed by atoms with Crippen molar-refractivity contribution in [1.29, 1.82) is 0 Å². The van der Waals surface area contributed by atoms with Gasteiger partial charge in [0.1, 0.15) is 4.90 Å². The van der Waals surface area contributed by atoms with E-state index in [9.17, 15) is 8.42 Å². The first kappa shape index (κ1) is 16.4. The number of nitrogens with one attached hydrogen (secondary N) is 2. The molecule has 0 aliphatic carbocycles. The first-order chi connectivity index (χ1) is 9.94. The van der Waals surface area contributed by atoms with Gasteiger partial charge in [0, 0.05) is 13.1 Å². The maximum Gasteiger partial charge on any atom is 0.244 e. The molecule has 0 amide bonds. The Labute approximate surface area is 126 Å². The standard InChI is InChI=1S/C13H25N5O2S/c1-10-13(12(9-14)17-16-10)21(19,20)15-6-3-11-4-7-18(2)8-5-11/h11,15H,3-9,14H2,1-2H3,(H,16,17). The Hall–Kier alpha value is -0.960. The van der Waals surface area contributed by atoms with Gasteiger partial charge in [-0.05, 0) is 52.2 Å². The quantitative estimate of drug-likeness (QED) is 0.695. The van der Waals surface area contributed by atoms with Gasteiger partial charge in [-0.25, -0.2) is 13.1 Å². The molecule has 7 nitrogen and oxygen atoms in total. The molecule has 1 aliphatic heterocycles. The summed E-state index contributed by atoms with van der Waals surface area (Å²) >= 11 is 0. The van der Waals surface area contributed by atoms with Crippen LogP contribution in [0.2, 0.25) is 0 Å². The molecule has 0 atom stereocenters. The number of aryl methyl sites for hydroxylation is 1. The molecule has 2 rings (SSSR count). The van der Waals surface area contributed by atoms with Crippen LogP contribution in [0.25, 0.3) is 0 Å². The molecular formula is C13H25N5O2S. The Kier molecular flexibility index (Phi) is 5.37. The third kappa shape index (κ3) is 4.03. The zero-order valence-electron chi connectivity index (χ0n) is 12.7. The molecule has 4 N–H and O–H groups in total. The van der Waals surface area contributed by atoms with E-state index >= 15 is 0 Å². The molecule has 1 aliphatic rings. The van der Waals surface area contributed by atoms with Crippen LogP contribution in [0.1, 0.15) is 30.7 Å². The molecule has 120 valence electrons. The number of rotatable bonds is 6. The van der Waals surface area contributed by atoms with Crippen molar-refractivity contribution in [2.45, 2.75) is 37.6 Å². The van der Waals surface area contributed by atoms with Crippen LogP contribution in [-0.4, -0.2) is 50.2 Å². The van der Waals surface area contributed by atoms with Crippen molar-refractivity contribution in [2.75, 3.05) is 26.7 Å². The van der Waals surface area contributed by atoms with E-state index in [1.165, 1.54) is 0 Å². The van der Waals surface area contributed by atoms with E-state index in [0.29, 0.717) is 23.9 Å². The maximum atomic E-state index is 12.4. The lowest BCUT2D eigenvalue weighted by molar-refractivity contribution is 0.213. The van der Waals surface area contributed by atoms with Crippen molar-refractivity contribution in [3.8, 4) is 0 Å². The Morgan fingerprint density at radius 1 is 1.43 bits per heavy atom. The predicted octanol–water partition coefficient (Wildman–Crippen LogP) is 0.187. The Bertz CT molecular complexity index is 561. The van der Waals surface area contributed by atoms with Gasteiger partial charge >= 0.3 is 0 Å². The summed E-state index contributed by atoms with van der Waals surface area (Å²) in [7, 11) is -1.42. The van der Waals surface area contributed by atoms with E-state index < -0.39 is 10.0 Å². The van der Waals surface area contributed by atoms with Gasteiger partial charge in [0.15, 0.2) is 0 Å². The van der Waals surface area contributed by atoms with Crippen LogP contribution in [0.5, 0.6) is 0 Å². The number of aromatic nitrogens is 2.